The minimum atomic E-state index is -0.225. The highest BCUT2D eigenvalue weighted by Crippen LogP contribution is 2.20. The number of aryl methyl sites for hydroxylation is 3. The van der Waals surface area contributed by atoms with Crippen molar-refractivity contribution in [2.45, 2.75) is 40.7 Å². The molecular formula is C24H25N5O2. The SMILES string of the molecule is CCc1ccc(CN(C(=O)c2ccccc2C)c2nc3nc(C)c(C)c(=O)n3[nH]2)cc1. The number of fused-ring (bicyclic) bond motifs is 1. The molecule has 1 N–H and O–H groups in total. The van der Waals surface area contributed by atoms with Crippen molar-refractivity contribution in [3.63, 3.8) is 0 Å². The van der Waals surface area contributed by atoms with Gasteiger partial charge < -0.3 is 0 Å². The smallest absolute Gasteiger partial charge is 0.272 e. The van der Waals surface area contributed by atoms with Gasteiger partial charge in [0.25, 0.3) is 17.2 Å². The first-order chi connectivity index (χ1) is 14.9. The minimum Gasteiger partial charge on any atom is -0.272 e. The highest BCUT2D eigenvalue weighted by molar-refractivity contribution is 6.06. The molecule has 31 heavy (non-hydrogen) atoms. The maximum atomic E-state index is 13.5. The molecule has 0 aliphatic heterocycles. The van der Waals surface area contributed by atoms with Gasteiger partial charge in [-0.1, -0.05) is 49.4 Å². The highest BCUT2D eigenvalue weighted by Gasteiger charge is 2.24. The number of amides is 1. The molecule has 1 amide bonds. The molecule has 2 heterocycles. The fourth-order valence-electron chi connectivity index (χ4n) is 3.48. The third-order valence-corrected chi connectivity index (χ3v) is 5.60. The van der Waals surface area contributed by atoms with E-state index in [9.17, 15) is 9.59 Å². The molecule has 7 nitrogen and oxygen atoms in total. The monoisotopic (exact) mass is 415 g/mol. The van der Waals surface area contributed by atoms with Crippen LogP contribution in [-0.4, -0.2) is 25.5 Å². The molecule has 0 atom stereocenters. The third kappa shape index (κ3) is 3.86. The molecule has 2 aromatic carbocycles. The summed E-state index contributed by atoms with van der Waals surface area (Å²) in [5.41, 5.74) is 4.59. The van der Waals surface area contributed by atoms with E-state index < -0.39 is 0 Å². The molecule has 2 aromatic heterocycles. The minimum absolute atomic E-state index is 0.196. The number of hydrogen-bond donors (Lipinski definition) is 1. The molecule has 7 heteroatoms. The van der Waals surface area contributed by atoms with Gasteiger partial charge in [-0.15, -0.1) is 0 Å². The van der Waals surface area contributed by atoms with E-state index in [2.05, 4.69) is 34.1 Å². The van der Waals surface area contributed by atoms with Gasteiger partial charge in [-0.05, 0) is 49.9 Å². The molecule has 4 rings (SSSR count). The van der Waals surface area contributed by atoms with E-state index in [1.54, 1.807) is 24.8 Å². The lowest BCUT2D eigenvalue weighted by atomic mass is 10.1. The zero-order valence-corrected chi connectivity index (χ0v) is 18.1. The van der Waals surface area contributed by atoms with Gasteiger partial charge in [-0.25, -0.2) is 4.98 Å². The highest BCUT2D eigenvalue weighted by atomic mass is 16.2. The number of benzene rings is 2. The normalized spacial score (nSPS) is 11.1. The number of aromatic nitrogens is 4. The van der Waals surface area contributed by atoms with Crippen LogP contribution in [0.1, 0.15) is 45.2 Å². The van der Waals surface area contributed by atoms with Crippen LogP contribution in [0.15, 0.2) is 53.3 Å². The second-order valence-corrected chi connectivity index (χ2v) is 7.69. The number of hydrogen-bond acceptors (Lipinski definition) is 4. The maximum absolute atomic E-state index is 13.5. The predicted molar refractivity (Wildman–Crippen MR) is 121 cm³/mol. The Bertz CT molecular complexity index is 1320. The van der Waals surface area contributed by atoms with Crippen molar-refractivity contribution in [1.29, 1.82) is 0 Å². The largest absolute Gasteiger partial charge is 0.277 e. The Kier molecular flexibility index (Phi) is 5.42. The lowest BCUT2D eigenvalue weighted by molar-refractivity contribution is 0.0983. The Hall–Kier alpha value is -3.74. The van der Waals surface area contributed by atoms with Gasteiger partial charge in [0.05, 0.1) is 6.54 Å². The average molecular weight is 415 g/mol. The topological polar surface area (TPSA) is 83.4 Å². The van der Waals surface area contributed by atoms with Gasteiger partial charge in [-0.3, -0.25) is 19.6 Å². The van der Waals surface area contributed by atoms with Crippen LogP contribution in [-0.2, 0) is 13.0 Å². The van der Waals surface area contributed by atoms with Crippen molar-refractivity contribution < 1.29 is 4.79 Å². The summed E-state index contributed by atoms with van der Waals surface area (Å²) >= 11 is 0. The maximum Gasteiger partial charge on any atom is 0.277 e. The van der Waals surface area contributed by atoms with E-state index in [4.69, 9.17) is 0 Å². The first kappa shape index (κ1) is 20.5. The number of carbonyl (C=O) groups excluding carboxylic acids is 1. The van der Waals surface area contributed by atoms with Gasteiger partial charge >= 0.3 is 0 Å². The van der Waals surface area contributed by atoms with Crippen LogP contribution in [0, 0.1) is 20.8 Å². The van der Waals surface area contributed by atoms with Crippen molar-refractivity contribution in [3.8, 4) is 0 Å². The summed E-state index contributed by atoms with van der Waals surface area (Å²) in [5, 5.41) is 2.98. The number of carbonyl (C=O) groups is 1. The fourth-order valence-corrected chi connectivity index (χ4v) is 3.48. The first-order valence-electron chi connectivity index (χ1n) is 10.3. The summed E-state index contributed by atoms with van der Waals surface area (Å²) < 4.78 is 1.29. The third-order valence-electron chi connectivity index (χ3n) is 5.60. The van der Waals surface area contributed by atoms with Gasteiger partial charge in [0.1, 0.15) is 0 Å². The van der Waals surface area contributed by atoms with Gasteiger partial charge in [-0.2, -0.15) is 9.50 Å². The zero-order chi connectivity index (χ0) is 22.1. The number of rotatable bonds is 5. The standard InChI is InChI=1S/C24H25N5O2/c1-5-18-10-12-19(13-11-18)14-28(22(31)20-9-7-6-8-15(20)2)24-26-23-25-17(4)16(3)21(30)29(23)27-24/h6-13H,5,14H2,1-4H3,(H,25,26,27). The molecule has 4 aromatic rings. The summed E-state index contributed by atoms with van der Waals surface area (Å²) in [7, 11) is 0. The number of nitrogens with zero attached hydrogens (tertiary/aromatic N) is 4. The van der Waals surface area contributed by atoms with E-state index in [1.165, 1.54) is 10.1 Å². The second-order valence-electron chi connectivity index (χ2n) is 7.69. The molecule has 0 saturated carbocycles. The van der Waals surface area contributed by atoms with E-state index in [-0.39, 0.29) is 23.2 Å². The zero-order valence-electron chi connectivity index (χ0n) is 18.1. The molecule has 0 bridgehead atoms. The van der Waals surface area contributed by atoms with Crippen LogP contribution in [0.2, 0.25) is 0 Å². The molecule has 0 fully saturated rings. The molecule has 0 unspecified atom stereocenters. The molecule has 0 aliphatic carbocycles. The van der Waals surface area contributed by atoms with Crippen LogP contribution < -0.4 is 10.5 Å². The molecule has 158 valence electrons. The van der Waals surface area contributed by atoms with E-state index in [0.717, 1.165) is 17.5 Å². The second kappa shape index (κ2) is 8.18. The summed E-state index contributed by atoms with van der Waals surface area (Å²) in [5.74, 6) is 0.327. The summed E-state index contributed by atoms with van der Waals surface area (Å²) in [6.07, 6.45) is 0.947. The van der Waals surface area contributed by atoms with Gasteiger partial charge in [0, 0.05) is 16.8 Å². The Morgan fingerprint density at radius 2 is 1.68 bits per heavy atom. The van der Waals surface area contributed by atoms with Crippen LogP contribution in [0.5, 0.6) is 0 Å². The molecular weight excluding hydrogens is 390 g/mol. The van der Waals surface area contributed by atoms with Crippen molar-refractivity contribution >= 4 is 17.6 Å². The van der Waals surface area contributed by atoms with Crippen LogP contribution in [0.25, 0.3) is 5.78 Å². The van der Waals surface area contributed by atoms with Gasteiger partial charge in [0.2, 0.25) is 5.95 Å². The quantitative estimate of drug-likeness (QED) is 0.538. The number of H-pyrrole nitrogens is 1. The van der Waals surface area contributed by atoms with Crippen molar-refractivity contribution in [1.82, 2.24) is 19.6 Å². The Morgan fingerprint density at radius 1 is 1.00 bits per heavy atom. The number of anilines is 1. The number of aromatic amines is 1. The first-order valence-corrected chi connectivity index (χ1v) is 10.3. The summed E-state index contributed by atoms with van der Waals surface area (Å²) in [6, 6.07) is 15.6. The fraction of sp³-hybridized carbons (Fsp3) is 0.250. The van der Waals surface area contributed by atoms with Crippen LogP contribution >= 0.6 is 0 Å². The predicted octanol–water partition coefficient (Wildman–Crippen LogP) is 3.75. The van der Waals surface area contributed by atoms with Crippen molar-refractivity contribution in [2.75, 3.05) is 4.90 Å². The van der Waals surface area contributed by atoms with Crippen molar-refractivity contribution in [3.05, 3.63) is 92.4 Å². The average Bonchev–Trinajstić information content (AvgIpc) is 3.20. The Balaban J connectivity index is 1.82. The molecule has 0 radical (unpaired) electrons. The molecule has 0 saturated heterocycles. The van der Waals surface area contributed by atoms with E-state index in [1.807, 2.05) is 37.3 Å². The Morgan fingerprint density at radius 3 is 2.35 bits per heavy atom. The van der Waals surface area contributed by atoms with Crippen molar-refractivity contribution in [2.24, 2.45) is 0 Å². The van der Waals surface area contributed by atoms with E-state index in [0.29, 0.717) is 23.4 Å². The van der Waals surface area contributed by atoms with Gasteiger partial charge in [0.15, 0.2) is 0 Å². The number of nitrogens with one attached hydrogen (secondary N) is 1. The van der Waals surface area contributed by atoms with Crippen LogP contribution in [0.4, 0.5) is 5.95 Å². The molecule has 0 aliphatic rings. The van der Waals surface area contributed by atoms with E-state index >= 15 is 0 Å². The summed E-state index contributed by atoms with van der Waals surface area (Å²) in [4.78, 5) is 36.6. The summed E-state index contributed by atoms with van der Waals surface area (Å²) in [6.45, 7) is 7.81. The lowest BCUT2D eigenvalue weighted by Gasteiger charge is -2.21. The lowest BCUT2D eigenvalue weighted by Crippen LogP contribution is -2.32. The van der Waals surface area contributed by atoms with Crippen LogP contribution in [0.3, 0.4) is 0 Å². The molecule has 0 spiro atoms. The Labute approximate surface area is 180 Å².